The minimum absolute atomic E-state index is 0.802. The van der Waals surface area contributed by atoms with Gasteiger partial charge < -0.3 is 5.73 Å². The van der Waals surface area contributed by atoms with Gasteiger partial charge >= 0.3 is 0 Å². The molecule has 0 amide bonds. The molecule has 0 fully saturated rings. The van der Waals surface area contributed by atoms with Crippen LogP contribution in [0.3, 0.4) is 0 Å². The van der Waals surface area contributed by atoms with Gasteiger partial charge in [-0.25, -0.2) is 0 Å². The van der Waals surface area contributed by atoms with E-state index in [1.807, 2.05) is 30.5 Å². The molecule has 3 aromatic rings. The third-order valence-electron chi connectivity index (χ3n) is 3.25. The highest BCUT2D eigenvalue weighted by atomic mass is 14.7. The zero-order valence-electron chi connectivity index (χ0n) is 10.6. The lowest BCUT2D eigenvalue weighted by Crippen LogP contribution is -1.99. The maximum Gasteiger partial charge on any atom is 0.0705 e. The minimum Gasteiger partial charge on any atom is -0.398 e. The summed E-state index contributed by atoms with van der Waals surface area (Å²) in [7, 11) is 0. The molecule has 0 radical (unpaired) electrons. The molecule has 2 heterocycles. The number of nitrogens with two attached hydrogens (primary N) is 1. The molecule has 94 valence electrons. The Balaban J connectivity index is 1.80. The van der Waals surface area contributed by atoms with Gasteiger partial charge in [0.05, 0.1) is 5.52 Å². The first kappa shape index (κ1) is 11.7. The molecule has 2 N–H and O–H groups in total. The summed E-state index contributed by atoms with van der Waals surface area (Å²) in [4.78, 5) is 8.77. The van der Waals surface area contributed by atoms with E-state index >= 15 is 0 Å². The zero-order valence-corrected chi connectivity index (χ0v) is 10.6. The van der Waals surface area contributed by atoms with Crippen LogP contribution in [0.1, 0.15) is 11.3 Å². The van der Waals surface area contributed by atoms with E-state index in [0.717, 1.165) is 35.3 Å². The van der Waals surface area contributed by atoms with E-state index in [1.54, 1.807) is 6.20 Å². The number of pyridine rings is 2. The van der Waals surface area contributed by atoms with Crippen molar-refractivity contribution in [1.82, 2.24) is 9.97 Å². The van der Waals surface area contributed by atoms with E-state index < -0.39 is 0 Å². The van der Waals surface area contributed by atoms with Crippen molar-refractivity contribution in [2.24, 2.45) is 0 Å². The molecule has 0 aliphatic heterocycles. The molecule has 0 aliphatic carbocycles. The van der Waals surface area contributed by atoms with Crippen molar-refractivity contribution in [1.29, 1.82) is 0 Å². The molecule has 19 heavy (non-hydrogen) atoms. The Hall–Kier alpha value is -2.42. The number of hydrogen-bond acceptors (Lipinski definition) is 3. The van der Waals surface area contributed by atoms with Crippen LogP contribution in [-0.4, -0.2) is 9.97 Å². The van der Waals surface area contributed by atoms with Gasteiger partial charge in [0.2, 0.25) is 0 Å². The maximum atomic E-state index is 5.91. The Bertz CT molecular complexity index is 707. The number of hydrogen-bond donors (Lipinski definition) is 1. The largest absolute Gasteiger partial charge is 0.398 e. The fourth-order valence-corrected chi connectivity index (χ4v) is 2.16. The normalized spacial score (nSPS) is 10.7. The van der Waals surface area contributed by atoms with Crippen LogP contribution >= 0.6 is 0 Å². The summed E-state index contributed by atoms with van der Waals surface area (Å²) in [6, 6.07) is 14.2. The first-order valence-corrected chi connectivity index (χ1v) is 6.36. The van der Waals surface area contributed by atoms with E-state index in [1.165, 1.54) is 5.39 Å². The maximum absolute atomic E-state index is 5.91. The second-order valence-corrected chi connectivity index (χ2v) is 4.57. The van der Waals surface area contributed by atoms with Crippen molar-refractivity contribution in [3.8, 4) is 0 Å². The summed E-state index contributed by atoms with van der Waals surface area (Å²) >= 11 is 0. The molecule has 3 heteroatoms. The first-order valence-electron chi connectivity index (χ1n) is 6.36. The highest BCUT2D eigenvalue weighted by Gasteiger charge is 2.02. The highest BCUT2D eigenvalue weighted by molar-refractivity contribution is 5.78. The van der Waals surface area contributed by atoms with E-state index in [0.29, 0.717) is 0 Å². The Morgan fingerprint density at radius 1 is 0.947 bits per heavy atom. The Morgan fingerprint density at radius 2 is 1.84 bits per heavy atom. The van der Waals surface area contributed by atoms with Crippen LogP contribution < -0.4 is 5.73 Å². The average Bonchev–Trinajstić information content (AvgIpc) is 2.46. The lowest BCUT2D eigenvalue weighted by molar-refractivity contribution is 0.918. The third-order valence-corrected chi connectivity index (χ3v) is 3.25. The lowest BCUT2D eigenvalue weighted by Gasteiger charge is -2.05. The number of aryl methyl sites for hydroxylation is 2. The number of fused-ring (bicyclic) bond motifs is 1. The number of nitrogen functional groups attached to an aromatic ring is 1. The van der Waals surface area contributed by atoms with Gasteiger partial charge in [-0.2, -0.15) is 0 Å². The molecular formula is C16H15N3. The zero-order chi connectivity index (χ0) is 13.1. The van der Waals surface area contributed by atoms with Gasteiger partial charge in [0, 0.05) is 29.2 Å². The molecule has 0 unspecified atom stereocenters. The summed E-state index contributed by atoms with van der Waals surface area (Å²) in [6.07, 6.45) is 5.29. The molecule has 1 aromatic carbocycles. The van der Waals surface area contributed by atoms with E-state index in [2.05, 4.69) is 28.2 Å². The summed E-state index contributed by atoms with van der Waals surface area (Å²) in [6.45, 7) is 0. The molecule has 2 aromatic heterocycles. The summed E-state index contributed by atoms with van der Waals surface area (Å²) < 4.78 is 0. The summed E-state index contributed by atoms with van der Waals surface area (Å²) in [5.74, 6) is 0. The summed E-state index contributed by atoms with van der Waals surface area (Å²) in [5.41, 5.74) is 9.92. The number of aromatic nitrogens is 2. The van der Waals surface area contributed by atoms with Crippen molar-refractivity contribution in [2.45, 2.75) is 12.8 Å². The minimum atomic E-state index is 0.802. The fourth-order valence-electron chi connectivity index (χ4n) is 2.16. The predicted octanol–water partition coefficient (Wildman–Crippen LogP) is 3.00. The van der Waals surface area contributed by atoms with Gasteiger partial charge in [0.25, 0.3) is 0 Å². The Morgan fingerprint density at radius 3 is 2.74 bits per heavy atom. The number of rotatable bonds is 3. The number of anilines is 1. The topological polar surface area (TPSA) is 51.8 Å². The molecular weight excluding hydrogens is 234 g/mol. The average molecular weight is 249 g/mol. The summed E-state index contributed by atoms with van der Waals surface area (Å²) in [5, 5.41) is 1.17. The molecule has 3 rings (SSSR count). The van der Waals surface area contributed by atoms with Gasteiger partial charge in [0.15, 0.2) is 0 Å². The molecule has 0 bridgehead atoms. The van der Waals surface area contributed by atoms with Crippen molar-refractivity contribution in [2.75, 3.05) is 5.73 Å². The van der Waals surface area contributed by atoms with Crippen LogP contribution in [-0.2, 0) is 12.8 Å². The second-order valence-electron chi connectivity index (χ2n) is 4.57. The fraction of sp³-hybridized carbons (Fsp3) is 0.125. The number of benzene rings is 1. The van der Waals surface area contributed by atoms with E-state index in [9.17, 15) is 0 Å². The third kappa shape index (κ3) is 2.55. The van der Waals surface area contributed by atoms with Crippen LogP contribution in [0.4, 0.5) is 5.69 Å². The van der Waals surface area contributed by atoms with Crippen molar-refractivity contribution < 1.29 is 0 Å². The van der Waals surface area contributed by atoms with Crippen LogP contribution in [0.2, 0.25) is 0 Å². The van der Waals surface area contributed by atoms with Gasteiger partial charge in [-0.15, -0.1) is 0 Å². The lowest BCUT2D eigenvalue weighted by atomic mass is 10.1. The number of nitrogens with zero attached hydrogens (tertiary/aromatic N) is 2. The highest BCUT2D eigenvalue weighted by Crippen LogP contribution is 2.15. The van der Waals surface area contributed by atoms with Gasteiger partial charge in [0.1, 0.15) is 0 Å². The van der Waals surface area contributed by atoms with Crippen molar-refractivity contribution in [3.05, 3.63) is 66.1 Å². The van der Waals surface area contributed by atoms with Gasteiger partial charge in [-0.05, 0) is 36.6 Å². The van der Waals surface area contributed by atoms with Gasteiger partial charge in [-0.3, -0.25) is 9.97 Å². The van der Waals surface area contributed by atoms with Gasteiger partial charge in [-0.1, -0.05) is 24.3 Å². The van der Waals surface area contributed by atoms with Crippen LogP contribution in [0, 0.1) is 0 Å². The Labute approximate surface area is 112 Å². The first-order chi connectivity index (χ1) is 9.33. The molecule has 0 atom stereocenters. The van der Waals surface area contributed by atoms with Crippen LogP contribution in [0.5, 0.6) is 0 Å². The van der Waals surface area contributed by atoms with Crippen LogP contribution in [0.25, 0.3) is 10.9 Å². The molecule has 0 saturated heterocycles. The number of para-hydroxylation sites is 1. The molecule has 0 aliphatic rings. The molecule has 0 spiro atoms. The van der Waals surface area contributed by atoms with Crippen LogP contribution in [0.15, 0.2) is 54.9 Å². The van der Waals surface area contributed by atoms with E-state index in [4.69, 9.17) is 5.73 Å². The van der Waals surface area contributed by atoms with E-state index in [-0.39, 0.29) is 0 Å². The SMILES string of the molecule is Nc1ccncc1CCc1ccc2ccccc2n1. The molecule has 3 nitrogen and oxygen atoms in total. The quantitative estimate of drug-likeness (QED) is 0.776. The monoisotopic (exact) mass is 249 g/mol. The Kier molecular flexibility index (Phi) is 3.11. The molecule has 0 saturated carbocycles. The second kappa shape index (κ2) is 5.06. The standard InChI is InChI=1S/C16H15N3/c17-15-9-10-18-11-13(15)6-8-14-7-5-12-3-1-2-4-16(12)19-14/h1-5,7,9-11H,6,8H2,(H2,17,18). The predicted molar refractivity (Wildman–Crippen MR) is 77.8 cm³/mol. The smallest absolute Gasteiger partial charge is 0.0705 e. The van der Waals surface area contributed by atoms with Crippen molar-refractivity contribution in [3.63, 3.8) is 0 Å². The van der Waals surface area contributed by atoms with Crippen molar-refractivity contribution >= 4 is 16.6 Å².